The van der Waals surface area contributed by atoms with Crippen molar-refractivity contribution < 1.29 is 14.7 Å². The summed E-state index contributed by atoms with van der Waals surface area (Å²) in [5.41, 5.74) is 1.94. The third-order valence-corrected chi connectivity index (χ3v) is 4.16. The van der Waals surface area contributed by atoms with Crippen molar-refractivity contribution in [2.75, 3.05) is 11.9 Å². The molecule has 0 radical (unpaired) electrons. The molecule has 0 aliphatic rings. The van der Waals surface area contributed by atoms with Gasteiger partial charge in [-0.25, -0.2) is 0 Å². The molecule has 2 amide bonds. The molecule has 0 aliphatic carbocycles. The predicted molar refractivity (Wildman–Crippen MR) is 92.8 cm³/mol. The second-order valence-electron chi connectivity index (χ2n) is 5.47. The number of amides is 2. The first-order chi connectivity index (χ1) is 11.4. The SMILES string of the molecule is Cc1c(Cl)cccc1NC(=O)C(=O)NCC[C@H](O)c1cccn1C. The third kappa shape index (κ3) is 4.37. The molecular formula is C17H20ClN3O3. The maximum Gasteiger partial charge on any atom is 0.313 e. The molecule has 7 heteroatoms. The van der Waals surface area contributed by atoms with Crippen molar-refractivity contribution in [3.8, 4) is 0 Å². The molecule has 6 nitrogen and oxygen atoms in total. The highest BCUT2D eigenvalue weighted by atomic mass is 35.5. The normalized spacial score (nSPS) is 11.8. The van der Waals surface area contributed by atoms with Crippen LogP contribution in [0.15, 0.2) is 36.5 Å². The molecule has 128 valence electrons. The van der Waals surface area contributed by atoms with E-state index in [0.717, 1.165) is 5.69 Å². The van der Waals surface area contributed by atoms with Gasteiger partial charge in [0.1, 0.15) is 0 Å². The number of aromatic nitrogens is 1. The Kier molecular flexibility index (Phi) is 6.00. The van der Waals surface area contributed by atoms with Gasteiger partial charge in [-0.3, -0.25) is 9.59 Å². The molecule has 1 aromatic heterocycles. The average molecular weight is 350 g/mol. The van der Waals surface area contributed by atoms with Gasteiger partial charge in [-0.05, 0) is 43.2 Å². The molecule has 2 aromatic rings. The summed E-state index contributed by atoms with van der Waals surface area (Å²) in [6, 6.07) is 8.71. The van der Waals surface area contributed by atoms with E-state index in [9.17, 15) is 14.7 Å². The maximum absolute atomic E-state index is 11.9. The molecule has 0 saturated heterocycles. The summed E-state index contributed by atoms with van der Waals surface area (Å²) < 4.78 is 1.81. The summed E-state index contributed by atoms with van der Waals surface area (Å²) >= 11 is 5.98. The summed E-state index contributed by atoms with van der Waals surface area (Å²) in [5.74, 6) is -1.53. The number of rotatable bonds is 5. The molecule has 0 fully saturated rings. The van der Waals surface area contributed by atoms with E-state index in [4.69, 9.17) is 11.6 Å². The van der Waals surface area contributed by atoms with E-state index in [-0.39, 0.29) is 6.54 Å². The monoisotopic (exact) mass is 349 g/mol. The summed E-state index contributed by atoms with van der Waals surface area (Å²) in [6.07, 6.45) is 1.44. The summed E-state index contributed by atoms with van der Waals surface area (Å²) in [4.78, 5) is 23.7. The third-order valence-electron chi connectivity index (χ3n) is 3.75. The van der Waals surface area contributed by atoms with Crippen LogP contribution in [0.25, 0.3) is 0 Å². The summed E-state index contributed by atoms with van der Waals surface area (Å²) in [6.45, 7) is 1.94. The van der Waals surface area contributed by atoms with E-state index >= 15 is 0 Å². The van der Waals surface area contributed by atoms with Gasteiger partial charge in [0, 0.05) is 36.2 Å². The summed E-state index contributed by atoms with van der Waals surface area (Å²) in [7, 11) is 1.83. The standard InChI is InChI=1S/C17H20ClN3O3/c1-11-12(18)5-3-6-13(11)20-17(24)16(23)19-9-8-15(22)14-7-4-10-21(14)2/h3-7,10,15,22H,8-9H2,1-2H3,(H,19,23)(H,20,24)/t15-/m0/s1. The van der Waals surface area contributed by atoms with Gasteiger partial charge in [0.2, 0.25) is 0 Å². The molecular weight excluding hydrogens is 330 g/mol. The zero-order valence-electron chi connectivity index (χ0n) is 13.5. The molecule has 0 saturated carbocycles. The minimum Gasteiger partial charge on any atom is -0.387 e. The predicted octanol–water partition coefficient (Wildman–Crippen LogP) is 2.17. The van der Waals surface area contributed by atoms with Crippen LogP contribution in [0, 0.1) is 6.92 Å². The van der Waals surface area contributed by atoms with Crippen molar-refractivity contribution >= 4 is 29.1 Å². The number of aliphatic hydroxyl groups excluding tert-OH is 1. The molecule has 1 heterocycles. The second kappa shape index (κ2) is 7.99. The number of hydrogen-bond donors (Lipinski definition) is 3. The molecule has 1 atom stereocenters. The zero-order valence-corrected chi connectivity index (χ0v) is 14.3. The van der Waals surface area contributed by atoms with Gasteiger partial charge in [0.05, 0.1) is 6.10 Å². The molecule has 24 heavy (non-hydrogen) atoms. The largest absolute Gasteiger partial charge is 0.387 e. The Morgan fingerprint density at radius 3 is 2.67 bits per heavy atom. The number of aryl methyl sites for hydroxylation is 1. The van der Waals surface area contributed by atoms with Gasteiger partial charge in [0.25, 0.3) is 0 Å². The molecule has 0 spiro atoms. The molecule has 0 aliphatic heterocycles. The Morgan fingerprint density at radius 2 is 2.00 bits per heavy atom. The lowest BCUT2D eigenvalue weighted by Gasteiger charge is -2.13. The number of benzene rings is 1. The number of hydrogen-bond acceptors (Lipinski definition) is 3. The number of anilines is 1. The fraction of sp³-hybridized carbons (Fsp3) is 0.294. The van der Waals surface area contributed by atoms with Crippen LogP contribution < -0.4 is 10.6 Å². The van der Waals surface area contributed by atoms with Crippen molar-refractivity contribution in [3.63, 3.8) is 0 Å². The van der Waals surface area contributed by atoms with Crippen molar-refractivity contribution in [1.29, 1.82) is 0 Å². The van der Waals surface area contributed by atoms with Crippen molar-refractivity contribution in [2.24, 2.45) is 7.05 Å². The molecule has 3 N–H and O–H groups in total. The summed E-state index contributed by atoms with van der Waals surface area (Å²) in [5, 5.41) is 15.6. The lowest BCUT2D eigenvalue weighted by atomic mass is 10.2. The fourth-order valence-electron chi connectivity index (χ4n) is 2.29. The van der Waals surface area contributed by atoms with Gasteiger partial charge in [-0.15, -0.1) is 0 Å². The lowest BCUT2D eigenvalue weighted by molar-refractivity contribution is -0.136. The minimum absolute atomic E-state index is 0.188. The number of carbonyl (C=O) groups excluding carboxylic acids is 2. The Balaban J connectivity index is 1.83. The quantitative estimate of drug-likeness (QED) is 0.723. The smallest absolute Gasteiger partial charge is 0.313 e. The first-order valence-corrected chi connectivity index (χ1v) is 7.91. The van der Waals surface area contributed by atoms with Crippen LogP contribution in [-0.2, 0) is 16.6 Å². The number of nitrogens with one attached hydrogen (secondary N) is 2. The molecule has 0 unspecified atom stereocenters. The number of nitrogens with zero attached hydrogens (tertiary/aromatic N) is 1. The first kappa shape index (κ1) is 18.0. The van der Waals surface area contributed by atoms with E-state index in [2.05, 4.69) is 10.6 Å². The van der Waals surface area contributed by atoms with E-state index in [1.807, 2.05) is 19.3 Å². The number of aliphatic hydroxyl groups is 1. The Morgan fingerprint density at radius 1 is 1.25 bits per heavy atom. The van der Waals surface area contributed by atoms with Crippen LogP contribution in [0.2, 0.25) is 5.02 Å². The Labute approximate surface area is 145 Å². The highest BCUT2D eigenvalue weighted by molar-refractivity contribution is 6.40. The topological polar surface area (TPSA) is 83.4 Å². The van der Waals surface area contributed by atoms with Crippen molar-refractivity contribution in [3.05, 3.63) is 52.8 Å². The van der Waals surface area contributed by atoms with Gasteiger partial charge >= 0.3 is 11.8 Å². The van der Waals surface area contributed by atoms with Crippen molar-refractivity contribution in [1.82, 2.24) is 9.88 Å². The highest BCUT2D eigenvalue weighted by Crippen LogP contribution is 2.22. The maximum atomic E-state index is 11.9. The fourth-order valence-corrected chi connectivity index (χ4v) is 2.47. The van der Waals surface area contributed by atoms with Crippen LogP contribution in [0.5, 0.6) is 0 Å². The van der Waals surface area contributed by atoms with Gasteiger partial charge in [-0.1, -0.05) is 17.7 Å². The highest BCUT2D eigenvalue weighted by Gasteiger charge is 2.16. The van der Waals surface area contributed by atoms with Crippen LogP contribution in [0.3, 0.4) is 0 Å². The Hall–Kier alpha value is -2.31. The second-order valence-corrected chi connectivity index (χ2v) is 5.88. The van der Waals surface area contributed by atoms with E-state index in [1.165, 1.54) is 0 Å². The van der Waals surface area contributed by atoms with Crippen LogP contribution in [0.4, 0.5) is 5.69 Å². The van der Waals surface area contributed by atoms with Gasteiger partial charge in [0.15, 0.2) is 0 Å². The molecule has 0 bridgehead atoms. The van der Waals surface area contributed by atoms with Crippen LogP contribution in [0.1, 0.15) is 23.8 Å². The van der Waals surface area contributed by atoms with Gasteiger partial charge in [-0.2, -0.15) is 0 Å². The average Bonchev–Trinajstić information content (AvgIpc) is 2.97. The first-order valence-electron chi connectivity index (χ1n) is 7.53. The molecule has 2 rings (SSSR count). The van der Waals surface area contributed by atoms with E-state index in [0.29, 0.717) is 22.7 Å². The number of halogens is 1. The Bertz CT molecular complexity index is 742. The minimum atomic E-state index is -0.770. The van der Waals surface area contributed by atoms with Crippen molar-refractivity contribution in [2.45, 2.75) is 19.4 Å². The number of carbonyl (C=O) groups is 2. The molecule has 1 aromatic carbocycles. The van der Waals surface area contributed by atoms with Gasteiger partial charge < -0.3 is 20.3 Å². The van der Waals surface area contributed by atoms with Crippen LogP contribution in [-0.4, -0.2) is 28.0 Å². The zero-order chi connectivity index (χ0) is 17.7. The van der Waals surface area contributed by atoms with E-state index in [1.54, 1.807) is 35.8 Å². The lowest BCUT2D eigenvalue weighted by Crippen LogP contribution is -2.36. The van der Waals surface area contributed by atoms with Crippen LogP contribution >= 0.6 is 11.6 Å². The van der Waals surface area contributed by atoms with E-state index < -0.39 is 17.9 Å².